The number of nitrogens with two attached hydrogens (primary N) is 1. The lowest BCUT2D eigenvalue weighted by molar-refractivity contribution is -0.384. The van der Waals surface area contributed by atoms with E-state index in [1.54, 1.807) is 19.2 Å². The quantitative estimate of drug-likeness (QED) is 0.681. The average molecular weight is 291 g/mol. The molecular weight excluding hydrogens is 270 g/mol. The van der Waals surface area contributed by atoms with Gasteiger partial charge in [-0.05, 0) is 30.7 Å². The molecule has 0 bridgehead atoms. The van der Waals surface area contributed by atoms with E-state index < -0.39 is 0 Å². The number of anilines is 1. The Bertz CT molecular complexity index is 549. The van der Waals surface area contributed by atoms with Crippen molar-refractivity contribution in [2.45, 2.75) is 25.3 Å². The fraction of sp³-hybridized carbons (Fsp3) is 0.600. The molecule has 0 amide bonds. The molecule has 1 aromatic carbocycles. The van der Waals surface area contributed by atoms with Crippen LogP contribution in [0.4, 0.5) is 11.4 Å². The normalized spacial score (nSPS) is 28.3. The Hall–Kier alpha value is -1.82. The van der Waals surface area contributed by atoms with E-state index in [-0.39, 0.29) is 16.7 Å². The van der Waals surface area contributed by atoms with E-state index in [2.05, 4.69) is 4.90 Å². The number of nitro benzene ring substituents is 1. The fourth-order valence-electron chi connectivity index (χ4n) is 3.75. The zero-order valence-electron chi connectivity index (χ0n) is 12.2. The first-order valence-electron chi connectivity index (χ1n) is 7.43. The van der Waals surface area contributed by atoms with E-state index in [1.165, 1.54) is 12.5 Å². The van der Waals surface area contributed by atoms with Crippen LogP contribution in [-0.2, 0) is 0 Å². The first kappa shape index (κ1) is 14.1. The highest BCUT2D eigenvalue weighted by molar-refractivity contribution is 5.66. The summed E-state index contributed by atoms with van der Waals surface area (Å²) < 4.78 is 5.22. The Kier molecular flexibility index (Phi) is 3.71. The molecule has 3 rings (SSSR count). The molecule has 1 saturated heterocycles. The summed E-state index contributed by atoms with van der Waals surface area (Å²) in [5.74, 6) is 1.65. The van der Waals surface area contributed by atoms with Gasteiger partial charge in [-0.2, -0.15) is 0 Å². The maximum atomic E-state index is 11.3. The van der Waals surface area contributed by atoms with Crippen LogP contribution in [-0.4, -0.2) is 31.2 Å². The van der Waals surface area contributed by atoms with Crippen LogP contribution in [0.1, 0.15) is 19.3 Å². The second kappa shape index (κ2) is 5.52. The summed E-state index contributed by atoms with van der Waals surface area (Å²) in [6.07, 6.45) is 3.40. The number of nitrogens with zero attached hydrogens (tertiary/aromatic N) is 2. The van der Waals surface area contributed by atoms with Crippen molar-refractivity contribution in [2.24, 2.45) is 17.6 Å². The number of rotatable bonds is 3. The summed E-state index contributed by atoms with van der Waals surface area (Å²) in [6, 6.07) is 5.14. The minimum atomic E-state index is -0.323. The summed E-state index contributed by atoms with van der Waals surface area (Å²) >= 11 is 0. The van der Waals surface area contributed by atoms with Gasteiger partial charge >= 0.3 is 0 Å². The van der Waals surface area contributed by atoms with Gasteiger partial charge in [0.25, 0.3) is 5.69 Å². The molecule has 21 heavy (non-hydrogen) atoms. The molecule has 2 fully saturated rings. The van der Waals surface area contributed by atoms with Crippen LogP contribution in [0, 0.1) is 22.0 Å². The lowest BCUT2D eigenvalue weighted by atomic mass is 9.78. The number of hydrogen-bond acceptors (Lipinski definition) is 5. The van der Waals surface area contributed by atoms with Crippen LogP contribution >= 0.6 is 0 Å². The highest BCUT2D eigenvalue weighted by atomic mass is 16.6. The van der Waals surface area contributed by atoms with E-state index in [4.69, 9.17) is 10.5 Å². The minimum Gasteiger partial charge on any atom is -0.497 e. The van der Waals surface area contributed by atoms with Gasteiger partial charge in [-0.1, -0.05) is 6.42 Å². The number of ether oxygens (including phenoxy) is 1. The van der Waals surface area contributed by atoms with Crippen molar-refractivity contribution in [3.63, 3.8) is 0 Å². The molecule has 1 aliphatic carbocycles. The maximum absolute atomic E-state index is 11.3. The molecule has 1 aliphatic heterocycles. The molecule has 2 N–H and O–H groups in total. The van der Waals surface area contributed by atoms with Crippen LogP contribution in [0.25, 0.3) is 0 Å². The van der Waals surface area contributed by atoms with E-state index >= 15 is 0 Å². The second-order valence-corrected chi connectivity index (χ2v) is 6.04. The van der Waals surface area contributed by atoms with Gasteiger partial charge < -0.3 is 15.4 Å². The lowest BCUT2D eigenvalue weighted by Gasteiger charge is -2.29. The van der Waals surface area contributed by atoms with Crippen molar-refractivity contribution >= 4 is 11.4 Å². The van der Waals surface area contributed by atoms with Crippen LogP contribution < -0.4 is 15.4 Å². The highest BCUT2D eigenvalue weighted by Crippen LogP contribution is 2.41. The third-order valence-electron chi connectivity index (χ3n) is 4.87. The third-order valence-corrected chi connectivity index (χ3v) is 4.87. The molecule has 3 unspecified atom stereocenters. The van der Waals surface area contributed by atoms with Gasteiger partial charge in [0.2, 0.25) is 0 Å². The summed E-state index contributed by atoms with van der Waals surface area (Å²) in [5.41, 5.74) is 7.02. The second-order valence-electron chi connectivity index (χ2n) is 6.04. The number of hydrogen-bond donors (Lipinski definition) is 1. The summed E-state index contributed by atoms with van der Waals surface area (Å²) in [7, 11) is 1.57. The van der Waals surface area contributed by atoms with E-state index in [0.717, 1.165) is 25.9 Å². The number of benzene rings is 1. The maximum Gasteiger partial charge on any atom is 0.292 e. The molecule has 3 atom stereocenters. The zero-order valence-corrected chi connectivity index (χ0v) is 12.2. The van der Waals surface area contributed by atoms with Crippen molar-refractivity contribution in [1.29, 1.82) is 0 Å². The van der Waals surface area contributed by atoms with Crippen LogP contribution in [0.15, 0.2) is 18.2 Å². The Morgan fingerprint density at radius 1 is 1.38 bits per heavy atom. The average Bonchev–Trinajstić information content (AvgIpc) is 2.92. The third kappa shape index (κ3) is 2.55. The summed E-state index contributed by atoms with van der Waals surface area (Å²) in [4.78, 5) is 13.1. The van der Waals surface area contributed by atoms with Gasteiger partial charge in [0.05, 0.1) is 12.0 Å². The zero-order chi connectivity index (χ0) is 15.0. The molecule has 6 nitrogen and oxygen atoms in total. The molecule has 114 valence electrons. The van der Waals surface area contributed by atoms with Crippen LogP contribution in [0.3, 0.4) is 0 Å². The van der Waals surface area contributed by atoms with Gasteiger partial charge in [-0.25, -0.2) is 0 Å². The highest BCUT2D eigenvalue weighted by Gasteiger charge is 2.40. The largest absolute Gasteiger partial charge is 0.497 e. The molecule has 1 saturated carbocycles. The summed E-state index contributed by atoms with van der Waals surface area (Å²) in [6.45, 7) is 1.66. The molecule has 0 radical (unpaired) electrons. The minimum absolute atomic E-state index is 0.142. The molecule has 2 aliphatic rings. The molecule has 0 aromatic heterocycles. The number of methoxy groups -OCH3 is 1. The lowest BCUT2D eigenvalue weighted by Crippen LogP contribution is -2.38. The van der Waals surface area contributed by atoms with Crippen molar-refractivity contribution in [1.82, 2.24) is 0 Å². The Balaban J connectivity index is 1.91. The fourth-order valence-corrected chi connectivity index (χ4v) is 3.75. The molecule has 0 spiro atoms. The van der Waals surface area contributed by atoms with Crippen LogP contribution in [0.5, 0.6) is 5.75 Å². The van der Waals surface area contributed by atoms with Gasteiger partial charge in [0.15, 0.2) is 0 Å². The number of fused-ring (bicyclic) bond motifs is 1. The van der Waals surface area contributed by atoms with Gasteiger partial charge in [-0.15, -0.1) is 0 Å². The summed E-state index contributed by atoms with van der Waals surface area (Å²) in [5, 5.41) is 11.3. The van der Waals surface area contributed by atoms with E-state index in [9.17, 15) is 10.1 Å². The Morgan fingerprint density at radius 2 is 2.19 bits per heavy atom. The topological polar surface area (TPSA) is 81.6 Å². The predicted octanol–water partition coefficient (Wildman–Crippen LogP) is 2.17. The number of nitro groups is 1. The van der Waals surface area contributed by atoms with Gasteiger partial charge in [0.1, 0.15) is 11.4 Å². The molecule has 6 heteroatoms. The SMILES string of the molecule is COc1ccc([N+](=O)[O-])c(N2CC3CCCC(N)C3C2)c1. The van der Waals surface area contributed by atoms with Crippen molar-refractivity contribution in [3.05, 3.63) is 28.3 Å². The van der Waals surface area contributed by atoms with Gasteiger partial charge in [0, 0.05) is 31.3 Å². The first-order valence-corrected chi connectivity index (χ1v) is 7.43. The Labute approximate surface area is 124 Å². The molecule has 1 aromatic rings. The van der Waals surface area contributed by atoms with E-state index in [1.807, 2.05) is 0 Å². The standard InChI is InChI=1S/C15H21N3O3/c1-21-11-5-6-14(18(19)20)15(7-11)17-8-10-3-2-4-13(16)12(10)9-17/h5-7,10,12-13H,2-4,8-9,16H2,1H3. The first-order chi connectivity index (χ1) is 10.1. The Morgan fingerprint density at radius 3 is 2.86 bits per heavy atom. The van der Waals surface area contributed by atoms with E-state index in [0.29, 0.717) is 23.3 Å². The molecule has 1 heterocycles. The predicted molar refractivity (Wildman–Crippen MR) is 80.7 cm³/mol. The monoisotopic (exact) mass is 291 g/mol. The van der Waals surface area contributed by atoms with Crippen molar-refractivity contribution in [3.8, 4) is 5.75 Å². The van der Waals surface area contributed by atoms with Gasteiger partial charge in [-0.3, -0.25) is 10.1 Å². The van der Waals surface area contributed by atoms with Crippen LogP contribution in [0.2, 0.25) is 0 Å². The van der Waals surface area contributed by atoms with Crippen molar-refractivity contribution < 1.29 is 9.66 Å². The van der Waals surface area contributed by atoms with Crippen molar-refractivity contribution in [2.75, 3.05) is 25.1 Å². The molecular formula is C15H21N3O3. The smallest absolute Gasteiger partial charge is 0.292 e.